The van der Waals surface area contributed by atoms with Crippen LogP contribution < -0.4 is 51.4 Å². The van der Waals surface area contributed by atoms with Crippen LogP contribution >= 0.6 is 0 Å². The fourth-order valence-electron chi connectivity index (χ4n) is 1.31. The van der Waals surface area contributed by atoms with Crippen molar-refractivity contribution in [1.82, 2.24) is 0 Å². The second-order valence-corrected chi connectivity index (χ2v) is 3.19. The second kappa shape index (κ2) is 6.05. The summed E-state index contributed by atoms with van der Waals surface area (Å²) in [5.74, 6) is -1.69. The average Bonchev–Trinajstić information content (AvgIpc) is 1.97. The van der Waals surface area contributed by atoms with Gasteiger partial charge in [-0.1, -0.05) is 24.0 Å². The number of rotatable bonds is 2. The molecule has 9 heteroatoms. The maximum atomic E-state index is 12.8. The first-order chi connectivity index (χ1) is 7.11. The Hall–Kier alpha value is 0.431. The van der Waals surface area contributed by atoms with Gasteiger partial charge in [-0.15, -0.1) is 0 Å². The number of hydrogen-bond acceptors (Lipinski definition) is 0. The van der Waals surface area contributed by atoms with Crippen molar-refractivity contribution in [2.45, 2.75) is 12.5 Å². The Bertz CT molecular complexity index is 384. The number of hydrogen-bond donors (Lipinski definition) is 0. The van der Waals surface area contributed by atoms with Gasteiger partial charge >= 0.3 is 64.5 Å². The van der Waals surface area contributed by atoms with Crippen molar-refractivity contribution in [2.75, 3.05) is 0 Å². The summed E-state index contributed by atoms with van der Waals surface area (Å²) >= 11 is 0. The Balaban J connectivity index is 0.00000256. The van der Waals surface area contributed by atoms with Crippen LogP contribution in [0.2, 0.25) is 0 Å². The fraction of sp³-hybridized carbons (Fsp3) is 0.250. The van der Waals surface area contributed by atoms with Gasteiger partial charge in [0.25, 0.3) is 0 Å². The van der Waals surface area contributed by atoms with Crippen LogP contribution in [0.5, 0.6) is 0 Å². The maximum absolute atomic E-state index is 12.8. The molecule has 0 heterocycles. The monoisotopic (exact) mass is 284 g/mol. The van der Waals surface area contributed by atoms with Crippen molar-refractivity contribution in [3.05, 3.63) is 35.1 Å². The quantitative estimate of drug-likeness (QED) is 0.556. The van der Waals surface area contributed by atoms with Crippen LogP contribution in [-0.4, -0.2) is 6.98 Å². The van der Waals surface area contributed by atoms with Crippen LogP contribution in [0.15, 0.2) is 18.2 Å². The van der Waals surface area contributed by atoms with E-state index in [-0.39, 0.29) is 51.4 Å². The van der Waals surface area contributed by atoms with Crippen molar-refractivity contribution >= 4 is 6.98 Å². The first-order valence-electron chi connectivity index (χ1n) is 4.17. The minimum atomic E-state index is -5.44. The van der Waals surface area contributed by atoms with Crippen molar-refractivity contribution in [3.63, 3.8) is 0 Å². The summed E-state index contributed by atoms with van der Waals surface area (Å²) in [7, 11) is 0. The van der Waals surface area contributed by atoms with E-state index < -0.39 is 36.4 Å². The van der Waals surface area contributed by atoms with Crippen LogP contribution in [0, 0.1) is 5.82 Å². The summed E-state index contributed by atoms with van der Waals surface area (Å²) in [4.78, 5) is 0. The molecule has 1 aromatic rings. The molecule has 0 saturated carbocycles. The van der Waals surface area contributed by atoms with Gasteiger partial charge in [0.05, 0.1) is 5.56 Å². The van der Waals surface area contributed by atoms with E-state index in [0.29, 0.717) is 12.1 Å². The fourth-order valence-corrected chi connectivity index (χ4v) is 1.31. The molecule has 1 rings (SSSR count). The van der Waals surface area contributed by atoms with Gasteiger partial charge in [0.1, 0.15) is 5.82 Å². The van der Waals surface area contributed by atoms with Crippen molar-refractivity contribution in [1.29, 1.82) is 0 Å². The Labute approximate surface area is 135 Å². The molecule has 0 aliphatic heterocycles. The normalized spacial score (nSPS) is 12.2. The molecular weight excluding hydrogens is 279 g/mol. The molecule has 1 aromatic carbocycles. The van der Waals surface area contributed by atoms with Gasteiger partial charge < -0.3 is 12.9 Å². The zero-order valence-electron chi connectivity index (χ0n) is 8.66. The smallest absolute Gasteiger partial charge is 0.449 e. The van der Waals surface area contributed by atoms with Gasteiger partial charge in [-0.2, -0.15) is 13.2 Å². The maximum Gasteiger partial charge on any atom is 1.00 e. The number of benzene rings is 1. The Morgan fingerprint density at radius 2 is 1.59 bits per heavy atom. The third-order valence-electron chi connectivity index (χ3n) is 1.83. The van der Waals surface area contributed by atoms with Crippen molar-refractivity contribution in [3.8, 4) is 0 Å². The van der Waals surface area contributed by atoms with E-state index in [2.05, 4.69) is 0 Å². The molecule has 0 aliphatic rings. The predicted molar refractivity (Wildman–Crippen MR) is 44.2 cm³/mol. The topological polar surface area (TPSA) is 0 Å². The Morgan fingerprint density at radius 1 is 1.06 bits per heavy atom. The average molecular weight is 284 g/mol. The third kappa shape index (κ3) is 5.29. The molecule has 0 aliphatic carbocycles. The van der Waals surface area contributed by atoms with E-state index in [4.69, 9.17) is 0 Å². The summed E-state index contributed by atoms with van der Waals surface area (Å²) in [6.07, 6.45) is -6.87. The molecule has 17 heavy (non-hydrogen) atoms. The van der Waals surface area contributed by atoms with Crippen LogP contribution in [0.3, 0.4) is 0 Å². The summed E-state index contributed by atoms with van der Waals surface area (Å²) in [5.41, 5.74) is -2.92. The van der Waals surface area contributed by atoms with E-state index >= 15 is 0 Å². The van der Waals surface area contributed by atoms with E-state index in [0.717, 1.165) is 6.07 Å². The molecule has 0 N–H and O–H groups in total. The molecule has 0 nitrogen and oxygen atoms in total. The van der Waals surface area contributed by atoms with Gasteiger partial charge in [0, 0.05) is 0 Å². The van der Waals surface area contributed by atoms with E-state index in [1.54, 1.807) is 0 Å². The molecule has 0 radical (unpaired) electrons. The summed E-state index contributed by atoms with van der Waals surface area (Å²) < 4.78 is 85.7. The molecule has 0 amide bonds. The SMILES string of the molecule is Fc1cccc(C[B-](F)(F)F)c1C(F)(F)F.[K+]. The molecule has 0 atom stereocenters. The molecular formula is C8H5BF7K. The zero-order chi connectivity index (χ0) is 12.6. The van der Waals surface area contributed by atoms with Crippen LogP contribution in [0.1, 0.15) is 11.1 Å². The molecule has 0 aromatic heterocycles. The van der Waals surface area contributed by atoms with Crippen molar-refractivity contribution < 1.29 is 81.9 Å². The first kappa shape index (κ1) is 17.4. The van der Waals surface area contributed by atoms with E-state index in [1.165, 1.54) is 0 Å². The van der Waals surface area contributed by atoms with Gasteiger partial charge in [-0.05, 0) is 6.07 Å². The number of alkyl halides is 3. The van der Waals surface area contributed by atoms with Crippen LogP contribution in [0.4, 0.5) is 30.5 Å². The van der Waals surface area contributed by atoms with Gasteiger partial charge in [0.15, 0.2) is 0 Å². The molecule has 90 valence electrons. The van der Waals surface area contributed by atoms with Gasteiger partial charge in [-0.3, -0.25) is 0 Å². The molecule has 0 saturated heterocycles. The van der Waals surface area contributed by atoms with Crippen molar-refractivity contribution in [2.24, 2.45) is 0 Å². The third-order valence-corrected chi connectivity index (χ3v) is 1.83. The molecule has 0 spiro atoms. The molecule has 0 bridgehead atoms. The van der Waals surface area contributed by atoms with Crippen LogP contribution in [-0.2, 0) is 12.5 Å². The van der Waals surface area contributed by atoms with Crippen LogP contribution in [0.25, 0.3) is 0 Å². The zero-order valence-corrected chi connectivity index (χ0v) is 11.8. The molecule has 0 unspecified atom stereocenters. The Kier molecular flexibility index (Phi) is 6.20. The van der Waals surface area contributed by atoms with E-state index in [1.807, 2.05) is 0 Å². The predicted octanol–water partition coefficient (Wildman–Crippen LogP) is 0.778. The second-order valence-electron chi connectivity index (χ2n) is 3.19. The minimum Gasteiger partial charge on any atom is -0.449 e. The molecule has 0 fully saturated rings. The van der Waals surface area contributed by atoms with Gasteiger partial charge in [-0.25, -0.2) is 4.39 Å². The summed E-state index contributed by atoms with van der Waals surface area (Å²) in [6.45, 7) is -5.44. The standard InChI is InChI=1S/C8H5BF7.K/c10-6-3-1-2-5(4-9(14,15)16)7(6)8(11,12)13;/h1-3H,4H2;/q-1;+1. The minimum absolute atomic E-state index is 0. The largest absolute Gasteiger partial charge is 1.00 e. The summed E-state index contributed by atoms with van der Waals surface area (Å²) in [6, 6.07) is 1.93. The first-order valence-corrected chi connectivity index (χ1v) is 4.17. The van der Waals surface area contributed by atoms with Gasteiger partial charge in [0.2, 0.25) is 0 Å². The van der Waals surface area contributed by atoms with E-state index in [9.17, 15) is 30.5 Å². The Morgan fingerprint density at radius 3 is 2.00 bits per heavy atom. The summed E-state index contributed by atoms with van der Waals surface area (Å²) in [5, 5.41) is 0. The number of halogens is 7.